The first kappa shape index (κ1) is 24.6. The Labute approximate surface area is 224 Å². The van der Waals surface area contributed by atoms with E-state index in [0.29, 0.717) is 29.2 Å². The van der Waals surface area contributed by atoms with E-state index in [4.69, 9.17) is 0 Å². The highest BCUT2D eigenvalue weighted by Gasteiger charge is 2.49. The Balaban J connectivity index is 1.21. The zero-order valence-corrected chi connectivity index (χ0v) is 23.0. The fourth-order valence-electron chi connectivity index (χ4n) is 6.61. The molecular formula is C28H31N5O2S2. The summed E-state index contributed by atoms with van der Waals surface area (Å²) in [6, 6.07) is 16.2. The number of thioether (sulfide) groups is 1. The van der Waals surface area contributed by atoms with Crippen LogP contribution in [-0.2, 0) is 11.5 Å². The lowest BCUT2D eigenvalue weighted by Gasteiger charge is -2.40. The molecule has 7 nitrogen and oxygen atoms in total. The first-order chi connectivity index (χ1) is 17.7. The second-order valence-electron chi connectivity index (χ2n) is 11.5. The number of aromatic hydroxyl groups is 1. The van der Waals surface area contributed by atoms with Gasteiger partial charge in [-0.05, 0) is 48.3 Å². The van der Waals surface area contributed by atoms with Gasteiger partial charge in [0.05, 0.1) is 28.2 Å². The van der Waals surface area contributed by atoms with Crippen LogP contribution in [0.2, 0.25) is 0 Å². The summed E-state index contributed by atoms with van der Waals surface area (Å²) in [5, 5.41) is 20.2. The Morgan fingerprint density at radius 1 is 1.16 bits per heavy atom. The summed E-state index contributed by atoms with van der Waals surface area (Å²) in [6.07, 6.45) is 3.59. The van der Waals surface area contributed by atoms with Crippen LogP contribution in [0.15, 0.2) is 63.1 Å². The number of likely N-dealkylation sites (tertiary alicyclic amines) is 1. The molecule has 1 saturated heterocycles. The molecule has 1 N–H and O–H groups in total. The fourth-order valence-corrected chi connectivity index (χ4v) is 8.45. The fraction of sp³-hybridized carbons (Fsp3) is 0.429. The summed E-state index contributed by atoms with van der Waals surface area (Å²) in [5.74, 6) is -0.154. The van der Waals surface area contributed by atoms with Gasteiger partial charge in [-0.25, -0.2) is 4.98 Å². The van der Waals surface area contributed by atoms with Crippen molar-refractivity contribution in [2.75, 3.05) is 12.3 Å². The van der Waals surface area contributed by atoms with Crippen molar-refractivity contribution < 1.29 is 9.90 Å². The van der Waals surface area contributed by atoms with Gasteiger partial charge in [-0.2, -0.15) is 0 Å². The number of fused-ring (bicyclic) bond motifs is 4. The van der Waals surface area contributed by atoms with E-state index >= 15 is 0 Å². The molecule has 2 aromatic heterocycles. The van der Waals surface area contributed by atoms with Crippen LogP contribution < -0.4 is 0 Å². The molecule has 0 spiro atoms. The van der Waals surface area contributed by atoms with E-state index in [9.17, 15) is 9.90 Å². The Hall–Kier alpha value is -2.75. The number of benzene rings is 2. The predicted molar refractivity (Wildman–Crippen MR) is 150 cm³/mol. The number of carbonyl (C=O) groups excluding carboxylic acids is 1. The number of aromatic nitrogens is 2. The summed E-state index contributed by atoms with van der Waals surface area (Å²) < 4.78 is 3.84. The molecule has 9 heteroatoms. The minimum absolute atomic E-state index is 0.0578. The van der Waals surface area contributed by atoms with Crippen molar-refractivity contribution in [3.8, 4) is 5.88 Å². The van der Waals surface area contributed by atoms with Crippen LogP contribution in [0.3, 0.4) is 0 Å². The summed E-state index contributed by atoms with van der Waals surface area (Å²) >= 11 is 2.92. The third-order valence-electron chi connectivity index (χ3n) is 7.62. The topological polar surface area (TPSA) is 83.1 Å². The first-order valence-corrected chi connectivity index (χ1v) is 14.5. The lowest BCUT2D eigenvalue weighted by atomic mass is 9.65. The van der Waals surface area contributed by atoms with E-state index in [0.717, 1.165) is 38.4 Å². The van der Waals surface area contributed by atoms with Crippen LogP contribution in [0.4, 0.5) is 5.69 Å². The van der Waals surface area contributed by atoms with Crippen molar-refractivity contribution >= 4 is 55.8 Å². The van der Waals surface area contributed by atoms with Crippen LogP contribution >= 0.6 is 23.1 Å². The quantitative estimate of drug-likeness (QED) is 0.209. The zero-order valence-electron chi connectivity index (χ0n) is 21.3. The van der Waals surface area contributed by atoms with Gasteiger partial charge in [0.25, 0.3) is 5.91 Å². The SMILES string of the molecule is CC1(C)C[C@H]2C[C@](C)(CN2Cn2c(O)c(N=NC(=O)CSc3nc4ccccc4s3)c3ccccc32)C1. The van der Waals surface area contributed by atoms with Crippen LogP contribution in [0.1, 0.15) is 40.0 Å². The number of para-hydroxylation sites is 2. The van der Waals surface area contributed by atoms with E-state index in [-0.39, 0.29) is 17.5 Å². The first-order valence-electron chi connectivity index (χ1n) is 12.7. The monoisotopic (exact) mass is 533 g/mol. The molecular weight excluding hydrogens is 502 g/mol. The second kappa shape index (κ2) is 9.22. The Bertz CT molecular complexity index is 1490. The number of azo groups is 1. The highest BCUT2D eigenvalue weighted by Crippen LogP contribution is 2.53. The average molecular weight is 534 g/mol. The van der Waals surface area contributed by atoms with Crippen molar-refractivity contribution in [3.63, 3.8) is 0 Å². The van der Waals surface area contributed by atoms with E-state index in [1.807, 2.05) is 53.1 Å². The van der Waals surface area contributed by atoms with Gasteiger partial charge in [0.15, 0.2) is 10.0 Å². The van der Waals surface area contributed by atoms with Crippen molar-refractivity contribution in [3.05, 3.63) is 48.5 Å². The lowest BCUT2D eigenvalue weighted by molar-refractivity contribution is -0.115. The number of hydrogen-bond donors (Lipinski definition) is 1. The van der Waals surface area contributed by atoms with E-state index in [1.54, 1.807) is 11.3 Å². The largest absolute Gasteiger partial charge is 0.493 e. The molecule has 0 unspecified atom stereocenters. The lowest BCUT2D eigenvalue weighted by Crippen LogP contribution is -2.35. The molecule has 0 radical (unpaired) electrons. The smallest absolute Gasteiger partial charge is 0.274 e. The number of rotatable bonds is 6. The van der Waals surface area contributed by atoms with Gasteiger partial charge >= 0.3 is 0 Å². The molecule has 2 aromatic carbocycles. The second-order valence-corrected chi connectivity index (χ2v) is 13.8. The molecule has 2 fully saturated rings. The molecule has 1 amide bonds. The van der Waals surface area contributed by atoms with Crippen LogP contribution in [0.25, 0.3) is 21.1 Å². The van der Waals surface area contributed by atoms with Gasteiger partial charge in [-0.3, -0.25) is 14.3 Å². The molecule has 2 atom stereocenters. The van der Waals surface area contributed by atoms with Crippen LogP contribution in [-0.4, -0.2) is 43.8 Å². The Morgan fingerprint density at radius 2 is 1.95 bits per heavy atom. The normalized spacial score (nSPS) is 23.5. The van der Waals surface area contributed by atoms with E-state index < -0.39 is 0 Å². The van der Waals surface area contributed by atoms with Crippen LogP contribution in [0, 0.1) is 10.8 Å². The zero-order chi connectivity index (χ0) is 25.8. The number of nitrogens with zero attached hydrogens (tertiary/aromatic N) is 5. The maximum atomic E-state index is 12.6. The number of thiazole rings is 1. The third-order valence-corrected chi connectivity index (χ3v) is 9.78. The van der Waals surface area contributed by atoms with Gasteiger partial charge < -0.3 is 5.11 Å². The summed E-state index contributed by atoms with van der Waals surface area (Å²) in [7, 11) is 0. The molecule has 2 aliphatic rings. The highest BCUT2D eigenvalue weighted by molar-refractivity contribution is 8.01. The maximum absolute atomic E-state index is 12.6. The van der Waals surface area contributed by atoms with Gasteiger partial charge in [0, 0.05) is 18.0 Å². The molecule has 4 aromatic rings. The van der Waals surface area contributed by atoms with E-state index in [2.05, 4.69) is 40.9 Å². The molecule has 1 saturated carbocycles. The molecule has 192 valence electrons. The average Bonchev–Trinajstić information content (AvgIpc) is 3.46. The summed E-state index contributed by atoms with van der Waals surface area (Å²) in [5.41, 5.74) is 2.82. The maximum Gasteiger partial charge on any atom is 0.274 e. The molecule has 2 bridgehead atoms. The Morgan fingerprint density at radius 3 is 2.78 bits per heavy atom. The van der Waals surface area contributed by atoms with Crippen molar-refractivity contribution in [2.45, 2.75) is 57.1 Å². The number of carbonyl (C=O) groups is 1. The number of hydrogen-bond acceptors (Lipinski definition) is 7. The minimum Gasteiger partial charge on any atom is -0.493 e. The standard InChI is InChI=1S/C28H31N5O2S2/c1-27(2)12-18-13-28(3,15-27)16-32(18)17-33-21-10-6-4-8-19(21)24(25(33)35)31-30-23(34)14-36-26-29-20-9-5-7-11-22(20)37-26/h4-11,18,35H,12-17H2,1-3H3/t18-,28-/m0/s1. The number of amides is 1. The summed E-state index contributed by atoms with van der Waals surface area (Å²) in [6.45, 7) is 8.75. The summed E-state index contributed by atoms with van der Waals surface area (Å²) in [4.78, 5) is 19.6. The van der Waals surface area contributed by atoms with Gasteiger partial charge in [0.1, 0.15) is 0 Å². The van der Waals surface area contributed by atoms with Crippen LogP contribution in [0.5, 0.6) is 5.88 Å². The predicted octanol–water partition coefficient (Wildman–Crippen LogP) is 7.22. The third kappa shape index (κ3) is 4.80. The van der Waals surface area contributed by atoms with Crippen molar-refractivity contribution in [1.82, 2.24) is 14.5 Å². The minimum atomic E-state index is -0.357. The van der Waals surface area contributed by atoms with Crippen molar-refractivity contribution in [2.24, 2.45) is 21.1 Å². The molecule has 37 heavy (non-hydrogen) atoms. The van der Waals surface area contributed by atoms with Gasteiger partial charge in [-0.1, -0.05) is 62.9 Å². The van der Waals surface area contributed by atoms with Gasteiger partial charge in [0.2, 0.25) is 5.88 Å². The highest BCUT2D eigenvalue weighted by atomic mass is 32.2. The molecule has 1 aliphatic heterocycles. The molecule has 3 heterocycles. The molecule has 1 aliphatic carbocycles. The van der Waals surface area contributed by atoms with Crippen molar-refractivity contribution in [1.29, 1.82) is 0 Å². The van der Waals surface area contributed by atoms with E-state index in [1.165, 1.54) is 24.6 Å². The molecule has 6 rings (SSSR count). The Kier molecular flexibility index (Phi) is 6.12. The van der Waals surface area contributed by atoms with Gasteiger partial charge in [-0.15, -0.1) is 21.6 Å².